The molecule has 0 bridgehead atoms. The smallest absolute Gasteiger partial charge is 0.359 e. The van der Waals surface area contributed by atoms with Crippen molar-refractivity contribution in [3.8, 4) is 0 Å². The molecule has 1 N–H and O–H groups in total. The summed E-state index contributed by atoms with van der Waals surface area (Å²) in [5.74, 6) is -4.60. The standard InChI is InChI=1S/C18H23F2NO5S/c1-5-27(24)21-17(4,12-8-6-7-9-13(12)19)10-11-18(20)14(22)25-16(2,3)26-15(18)23/h6-9,21H,5,10-11H2,1-4H3/t17-,27?/m0/s1. The van der Waals surface area contributed by atoms with Gasteiger partial charge < -0.3 is 14.0 Å². The van der Waals surface area contributed by atoms with Crippen LogP contribution >= 0.6 is 0 Å². The summed E-state index contributed by atoms with van der Waals surface area (Å²) in [6, 6.07) is 5.77. The summed E-state index contributed by atoms with van der Waals surface area (Å²) in [6.07, 6.45) is -0.833. The van der Waals surface area contributed by atoms with Crippen molar-refractivity contribution < 1.29 is 32.4 Å². The van der Waals surface area contributed by atoms with Gasteiger partial charge in [0.1, 0.15) is 11.6 Å². The molecule has 1 aliphatic rings. The van der Waals surface area contributed by atoms with Crippen molar-refractivity contribution in [2.75, 3.05) is 5.75 Å². The van der Waals surface area contributed by atoms with Gasteiger partial charge in [0.05, 0.1) is 5.54 Å². The Balaban J connectivity index is 2.30. The summed E-state index contributed by atoms with van der Waals surface area (Å²) in [5.41, 5.74) is -4.16. The molecular weight excluding hydrogens is 380 g/mol. The van der Waals surface area contributed by atoms with E-state index in [1.807, 2.05) is 0 Å². The maximum absolute atomic E-state index is 15.1. The number of benzene rings is 1. The van der Waals surface area contributed by atoms with Crippen molar-refractivity contribution >= 4 is 23.3 Å². The number of cyclic esters (lactones) is 2. The number of hydrogen-bond acceptors (Lipinski definition) is 6. The Morgan fingerprint density at radius 3 is 2.30 bits per heavy atom. The lowest BCUT2D eigenvalue weighted by molar-refractivity contribution is -0.253. The lowest BCUT2D eigenvalue weighted by Crippen LogP contribution is -2.57. The molecule has 150 valence electrons. The van der Waals surface area contributed by atoms with E-state index in [0.717, 1.165) is 0 Å². The number of rotatable bonds is 7. The molecule has 0 aliphatic carbocycles. The van der Waals surface area contributed by atoms with Gasteiger partial charge in [-0.3, -0.25) is 0 Å². The molecule has 1 saturated heterocycles. The van der Waals surface area contributed by atoms with Crippen LogP contribution in [0.1, 0.15) is 46.1 Å². The average Bonchev–Trinajstić information content (AvgIpc) is 2.57. The topological polar surface area (TPSA) is 87.7 Å². The highest BCUT2D eigenvalue weighted by Crippen LogP contribution is 2.37. The summed E-state index contributed by atoms with van der Waals surface area (Å²) < 4.78 is 54.0. The number of carbonyl (C=O) groups is 2. The third-order valence-electron chi connectivity index (χ3n) is 4.36. The zero-order chi connectivity index (χ0) is 20.5. The predicted molar refractivity (Wildman–Crippen MR) is 94.9 cm³/mol. The van der Waals surface area contributed by atoms with Gasteiger partial charge in [0.25, 0.3) is 5.79 Å². The zero-order valence-electron chi connectivity index (χ0n) is 15.6. The van der Waals surface area contributed by atoms with Crippen LogP contribution in [0.25, 0.3) is 0 Å². The van der Waals surface area contributed by atoms with Gasteiger partial charge in [-0.1, -0.05) is 18.2 Å². The SMILES string of the molecule is CC[S+]([O-])N[C@@](C)(CCC1(F)C(=O)OC(C)(C)OC1=O)c1ccccc1F. The minimum atomic E-state index is -3.02. The van der Waals surface area contributed by atoms with Gasteiger partial charge in [0, 0.05) is 37.2 Å². The van der Waals surface area contributed by atoms with Gasteiger partial charge in [-0.25, -0.2) is 18.4 Å². The van der Waals surface area contributed by atoms with E-state index in [2.05, 4.69) is 4.72 Å². The fraction of sp³-hybridized carbons (Fsp3) is 0.556. The molecule has 1 aromatic rings. The van der Waals surface area contributed by atoms with E-state index in [0.29, 0.717) is 0 Å². The fourth-order valence-corrected chi connectivity index (χ4v) is 3.67. The number of ether oxygens (including phenoxy) is 2. The van der Waals surface area contributed by atoms with E-state index in [1.54, 1.807) is 13.0 Å². The van der Waals surface area contributed by atoms with Gasteiger partial charge in [0.15, 0.2) is 0 Å². The molecule has 0 amide bonds. The maximum Gasteiger partial charge on any atom is 0.359 e. The Labute approximate surface area is 159 Å². The summed E-state index contributed by atoms with van der Waals surface area (Å²) >= 11 is -1.53. The Hall–Kier alpha value is -1.71. The Morgan fingerprint density at radius 2 is 1.78 bits per heavy atom. The lowest BCUT2D eigenvalue weighted by Gasteiger charge is -2.38. The van der Waals surface area contributed by atoms with E-state index in [9.17, 15) is 18.5 Å². The average molecular weight is 403 g/mol. The first-order valence-electron chi connectivity index (χ1n) is 8.50. The number of halogens is 2. The van der Waals surface area contributed by atoms with Gasteiger partial charge in [0.2, 0.25) is 0 Å². The molecular formula is C18H23F2NO5S. The third kappa shape index (κ3) is 4.59. The van der Waals surface area contributed by atoms with Crippen molar-refractivity contribution in [2.45, 2.75) is 57.5 Å². The molecule has 2 atom stereocenters. The molecule has 0 radical (unpaired) electrons. The molecule has 0 saturated carbocycles. The third-order valence-corrected chi connectivity index (χ3v) is 5.57. The van der Waals surface area contributed by atoms with Gasteiger partial charge >= 0.3 is 17.6 Å². The summed E-state index contributed by atoms with van der Waals surface area (Å²) in [6.45, 7) is 5.83. The quantitative estimate of drug-likeness (QED) is 0.428. The fourth-order valence-electron chi connectivity index (χ4n) is 2.81. The molecule has 0 aromatic heterocycles. The minimum Gasteiger partial charge on any atom is -0.598 e. The van der Waals surface area contributed by atoms with E-state index in [-0.39, 0.29) is 17.7 Å². The second kappa shape index (κ2) is 7.73. The molecule has 1 aromatic carbocycles. The van der Waals surface area contributed by atoms with Gasteiger partial charge in [-0.15, -0.1) is 4.72 Å². The zero-order valence-corrected chi connectivity index (χ0v) is 16.5. The number of alkyl halides is 1. The lowest BCUT2D eigenvalue weighted by atomic mass is 9.84. The maximum atomic E-state index is 15.1. The predicted octanol–water partition coefficient (Wildman–Crippen LogP) is 2.64. The molecule has 9 heteroatoms. The number of esters is 2. The van der Waals surface area contributed by atoms with Crippen LogP contribution in [0, 0.1) is 5.82 Å². The second-order valence-electron chi connectivity index (χ2n) is 7.03. The monoisotopic (exact) mass is 403 g/mol. The highest BCUT2D eigenvalue weighted by atomic mass is 32.2. The molecule has 6 nitrogen and oxygen atoms in total. The molecule has 1 unspecified atom stereocenters. The van der Waals surface area contributed by atoms with Crippen LogP contribution in [0.2, 0.25) is 0 Å². The Bertz CT molecular complexity index is 709. The first-order chi connectivity index (χ1) is 12.4. The van der Waals surface area contributed by atoms with Crippen molar-refractivity contribution in [1.29, 1.82) is 0 Å². The van der Waals surface area contributed by atoms with Gasteiger partial charge in [-0.2, -0.15) is 0 Å². The van der Waals surface area contributed by atoms with E-state index < -0.39 is 52.5 Å². The van der Waals surface area contributed by atoms with Crippen molar-refractivity contribution in [3.05, 3.63) is 35.6 Å². The Kier molecular flexibility index (Phi) is 6.18. The molecule has 1 fully saturated rings. The highest BCUT2D eigenvalue weighted by molar-refractivity contribution is 7.89. The molecule has 2 rings (SSSR count). The van der Waals surface area contributed by atoms with Crippen LogP contribution in [0.5, 0.6) is 0 Å². The van der Waals surface area contributed by atoms with E-state index in [4.69, 9.17) is 9.47 Å². The summed E-state index contributed by atoms with van der Waals surface area (Å²) in [7, 11) is 0. The van der Waals surface area contributed by atoms with Crippen molar-refractivity contribution in [3.63, 3.8) is 0 Å². The van der Waals surface area contributed by atoms with Crippen molar-refractivity contribution in [1.82, 2.24) is 4.72 Å². The summed E-state index contributed by atoms with van der Waals surface area (Å²) in [4.78, 5) is 24.2. The summed E-state index contributed by atoms with van der Waals surface area (Å²) in [5, 5.41) is 0. The number of nitrogens with one attached hydrogen (secondary N) is 1. The van der Waals surface area contributed by atoms with Crippen LogP contribution in [0.15, 0.2) is 24.3 Å². The van der Waals surface area contributed by atoms with Crippen LogP contribution in [0.3, 0.4) is 0 Å². The first-order valence-corrected chi connectivity index (χ1v) is 9.82. The molecule has 0 spiro atoms. The van der Waals surface area contributed by atoms with E-state index in [1.165, 1.54) is 39.0 Å². The van der Waals surface area contributed by atoms with E-state index >= 15 is 4.39 Å². The molecule has 1 aliphatic heterocycles. The van der Waals surface area contributed by atoms with Gasteiger partial charge in [-0.05, 0) is 26.3 Å². The second-order valence-corrected chi connectivity index (χ2v) is 8.50. The number of carbonyl (C=O) groups excluding carboxylic acids is 2. The molecule has 27 heavy (non-hydrogen) atoms. The Morgan fingerprint density at radius 1 is 1.22 bits per heavy atom. The van der Waals surface area contributed by atoms with Crippen LogP contribution in [-0.4, -0.2) is 33.7 Å². The first kappa shape index (κ1) is 21.6. The number of hydrogen-bond donors (Lipinski definition) is 1. The van der Waals surface area contributed by atoms with Crippen LogP contribution in [-0.2, 0) is 36.0 Å². The van der Waals surface area contributed by atoms with Crippen LogP contribution in [0.4, 0.5) is 8.78 Å². The molecule has 1 heterocycles. The normalized spacial score (nSPS) is 21.7. The highest BCUT2D eigenvalue weighted by Gasteiger charge is 2.58. The largest absolute Gasteiger partial charge is 0.598 e. The minimum absolute atomic E-state index is 0.147. The van der Waals surface area contributed by atoms with Crippen molar-refractivity contribution in [2.24, 2.45) is 0 Å². The van der Waals surface area contributed by atoms with Crippen LogP contribution < -0.4 is 4.72 Å².